The summed E-state index contributed by atoms with van der Waals surface area (Å²) in [4.78, 5) is 4.66. The SMILES string of the molecule is CCc1c(C)nc2ccc(C)cc2c1NC. The van der Waals surface area contributed by atoms with E-state index in [0.717, 1.165) is 17.6 Å². The molecule has 1 heterocycles. The Morgan fingerprint density at radius 1 is 1.25 bits per heavy atom. The fourth-order valence-corrected chi connectivity index (χ4v) is 2.26. The van der Waals surface area contributed by atoms with Crippen LogP contribution in [0.2, 0.25) is 0 Å². The second-order valence-electron chi connectivity index (χ2n) is 4.17. The number of nitrogens with one attached hydrogen (secondary N) is 1. The molecule has 0 aliphatic heterocycles. The number of anilines is 1. The first-order chi connectivity index (χ1) is 7.67. The lowest BCUT2D eigenvalue weighted by molar-refractivity contribution is 1.07. The van der Waals surface area contributed by atoms with Gasteiger partial charge in [-0.05, 0) is 38.0 Å². The lowest BCUT2D eigenvalue weighted by atomic mass is 10.0. The van der Waals surface area contributed by atoms with Crippen molar-refractivity contribution < 1.29 is 0 Å². The first-order valence-electron chi connectivity index (χ1n) is 5.75. The Kier molecular flexibility index (Phi) is 2.82. The second kappa shape index (κ2) is 4.12. The van der Waals surface area contributed by atoms with Gasteiger partial charge in [-0.15, -0.1) is 0 Å². The van der Waals surface area contributed by atoms with Gasteiger partial charge in [0.1, 0.15) is 0 Å². The van der Waals surface area contributed by atoms with Crippen molar-refractivity contribution in [1.82, 2.24) is 4.98 Å². The Labute approximate surface area is 96.7 Å². The van der Waals surface area contributed by atoms with Crippen LogP contribution in [0.5, 0.6) is 0 Å². The van der Waals surface area contributed by atoms with Crippen LogP contribution in [0.15, 0.2) is 18.2 Å². The molecule has 0 unspecified atom stereocenters. The minimum atomic E-state index is 1.01. The van der Waals surface area contributed by atoms with Gasteiger partial charge in [0, 0.05) is 23.8 Å². The average molecular weight is 214 g/mol. The summed E-state index contributed by atoms with van der Waals surface area (Å²) in [5, 5.41) is 4.54. The average Bonchev–Trinajstić information content (AvgIpc) is 2.28. The first kappa shape index (κ1) is 10.9. The van der Waals surface area contributed by atoms with Crippen LogP contribution in [0.4, 0.5) is 5.69 Å². The van der Waals surface area contributed by atoms with Crippen LogP contribution < -0.4 is 5.32 Å². The highest BCUT2D eigenvalue weighted by atomic mass is 14.8. The molecule has 2 heteroatoms. The van der Waals surface area contributed by atoms with E-state index in [1.807, 2.05) is 7.05 Å². The monoisotopic (exact) mass is 214 g/mol. The van der Waals surface area contributed by atoms with E-state index in [9.17, 15) is 0 Å². The molecule has 2 aromatic rings. The zero-order valence-electron chi connectivity index (χ0n) is 10.4. The maximum absolute atomic E-state index is 4.66. The van der Waals surface area contributed by atoms with Crippen molar-refractivity contribution >= 4 is 16.6 Å². The molecule has 0 atom stereocenters. The van der Waals surface area contributed by atoms with Gasteiger partial charge >= 0.3 is 0 Å². The second-order valence-corrected chi connectivity index (χ2v) is 4.17. The standard InChI is InChI=1S/C14H18N2/c1-5-11-10(3)16-13-7-6-9(2)8-12(13)14(11)15-4/h6-8H,5H2,1-4H3,(H,15,16). The zero-order chi connectivity index (χ0) is 11.7. The molecule has 0 aliphatic carbocycles. The van der Waals surface area contributed by atoms with Crippen molar-refractivity contribution in [1.29, 1.82) is 0 Å². The number of hydrogen-bond acceptors (Lipinski definition) is 2. The van der Waals surface area contributed by atoms with Gasteiger partial charge in [0.15, 0.2) is 0 Å². The van der Waals surface area contributed by atoms with E-state index in [4.69, 9.17) is 0 Å². The molecule has 1 aromatic heterocycles. The molecule has 0 aliphatic rings. The third kappa shape index (κ3) is 1.64. The van der Waals surface area contributed by atoms with Crippen LogP contribution in [0.25, 0.3) is 10.9 Å². The molecule has 0 saturated carbocycles. The van der Waals surface area contributed by atoms with E-state index < -0.39 is 0 Å². The summed E-state index contributed by atoms with van der Waals surface area (Å²) in [6.07, 6.45) is 1.01. The smallest absolute Gasteiger partial charge is 0.0726 e. The van der Waals surface area contributed by atoms with Crippen molar-refractivity contribution in [3.8, 4) is 0 Å². The lowest BCUT2D eigenvalue weighted by Crippen LogP contribution is -2.01. The van der Waals surface area contributed by atoms with Gasteiger partial charge in [0.25, 0.3) is 0 Å². The van der Waals surface area contributed by atoms with Gasteiger partial charge in [-0.25, -0.2) is 0 Å². The molecule has 84 valence electrons. The largest absolute Gasteiger partial charge is 0.387 e. The topological polar surface area (TPSA) is 24.9 Å². The van der Waals surface area contributed by atoms with Crippen molar-refractivity contribution in [2.75, 3.05) is 12.4 Å². The number of nitrogens with zero attached hydrogens (tertiary/aromatic N) is 1. The van der Waals surface area contributed by atoms with Gasteiger partial charge in [-0.3, -0.25) is 4.98 Å². The fraction of sp³-hybridized carbons (Fsp3) is 0.357. The number of hydrogen-bond donors (Lipinski definition) is 1. The number of aryl methyl sites for hydroxylation is 2. The molecule has 0 spiro atoms. The van der Waals surface area contributed by atoms with Crippen molar-refractivity contribution in [2.24, 2.45) is 0 Å². The number of rotatable bonds is 2. The molecule has 0 radical (unpaired) electrons. The summed E-state index contributed by atoms with van der Waals surface area (Å²) in [5.41, 5.74) is 6.03. The quantitative estimate of drug-likeness (QED) is 0.828. The Hall–Kier alpha value is -1.57. The Morgan fingerprint density at radius 3 is 2.62 bits per heavy atom. The molecule has 1 N–H and O–H groups in total. The van der Waals surface area contributed by atoms with E-state index >= 15 is 0 Å². The zero-order valence-corrected chi connectivity index (χ0v) is 10.4. The third-order valence-corrected chi connectivity index (χ3v) is 3.05. The minimum absolute atomic E-state index is 1.01. The van der Waals surface area contributed by atoms with E-state index in [1.54, 1.807) is 0 Å². The highest BCUT2D eigenvalue weighted by molar-refractivity contribution is 5.93. The lowest BCUT2D eigenvalue weighted by Gasteiger charge is -2.14. The van der Waals surface area contributed by atoms with Crippen LogP contribution >= 0.6 is 0 Å². The molecular formula is C14H18N2. The van der Waals surface area contributed by atoms with Crippen molar-refractivity contribution in [3.63, 3.8) is 0 Å². The molecule has 0 saturated heterocycles. The fourth-order valence-electron chi connectivity index (χ4n) is 2.26. The van der Waals surface area contributed by atoms with E-state index in [-0.39, 0.29) is 0 Å². The maximum Gasteiger partial charge on any atom is 0.0726 e. The molecule has 0 amide bonds. The van der Waals surface area contributed by atoms with Crippen LogP contribution in [0, 0.1) is 13.8 Å². The van der Waals surface area contributed by atoms with E-state index in [1.165, 1.54) is 22.2 Å². The van der Waals surface area contributed by atoms with Gasteiger partial charge in [0.05, 0.1) is 5.52 Å². The third-order valence-electron chi connectivity index (χ3n) is 3.05. The van der Waals surface area contributed by atoms with Gasteiger partial charge in [-0.2, -0.15) is 0 Å². The molecule has 2 rings (SSSR count). The summed E-state index contributed by atoms with van der Waals surface area (Å²) in [7, 11) is 1.98. The molecule has 16 heavy (non-hydrogen) atoms. The number of aromatic nitrogens is 1. The summed E-state index contributed by atoms with van der Waals surface area (Å²) >= 11 is 0. The predicted molar refractivity (Wildman–Crippen MR) is 70.1 cm³/mol. The first-order valence-corrected chi connectivity index (χ1v) is 5.75. The van der Waals surface area contributed by atoms with Crippen LogP contribution in [0.3, 0.4) is 0 Å². The van der Waals surface area contributed by atoms with Crippen LogP contribution in [0.1, 0.15) is 23.7 Å². The molecule has 0 bridgehead atoms. The number of pyridine rings is 1. The molecule has 2 nitrogen and oxygen atoms in total. The molecular weight excluding hydrogens is 196 g/mol. The summed E-state index contributed by atoms with van der Waals surface area (Å²) < 4.78 is 0. The van der Waals surface area contributed by atoms with Crippen molar-refractivity contribution in [2.45, 2.75) is 27.2 Å². The summed E-state index contributed by atoms with van der Waals surface area (Å²) in [5.74, 6) is 0. The minimum Gasteiger partial charge on any atom is -0.387 e. The number of benzene rings is 1. The van der Waals surface area contributed by atoms with Gasteiger partial charge in [0.2, 0.25) is 0 Å². The van der Waals surface area contributed by atoms with Crippen molar-refractivity contribution in [3.05, 3.63) is 35.0 Å². The number of fused-ring (bicyclic) bond motifs is 1. The Bertz CT molecular complexity index is 530. The summed E-state index contributed by atoms with van der Waals surface area (Å²) in [6.45, 7) is 6.37. The predicted octanol–water partition coefficient (Wildman–Crippen LogP) is 3.46. The van der Waals surface area contributed by atoms with Crippen LogP contribution in [-0.4, -0.2) is 12.0 Å². The Balaban J connectivity index is 2.86. The van der Waals surface area contributed by atoms with E-state index in [2.05, 4.69) is 49.3 Å². The highest BCUT2D eigenvalue weighted by Gasteiger charge is 2.09. The molecule has 1 aromatic carbocycles. The summed E-state index contributed by atoms with van der Waals surface area (Å²) in [6, 6.07) is 6.41. The highest BCUT2D eigenvalue weighted by Crippen LogP contribution is 2.29. The maximum atomic E-state index is 4.66. The van der Waals surface area contributed by atoms with Gasteiger partial charge < -0.3 is 5.32 Å². The Morgan fingerprint density at radius 2 is 2.00 bits per heavy atom. The van der Waals surface area contributed by atoms with Gasteiger partial charge in [-0.1, -0.05) is 18.6 Å². The normalized spacial score (nSPS) is 10.8. The van der Waals surface area contributed by atoms with Crippen LogP contribution in [-0.2, 0) is 6.42 Å². The van der Waals surface area contributed by atoms with E-state index in [0.29, 0.717) is 0 Å². The molecule has 0 fully saturated rings.